The summed E-state index contributed by atoms with van der Waals surface area (Å²) < 4.78 is 0. The van der Waals surface area contributed by atoms with Crippen molar-refractivity contribution in [1.29, 1.82) is 0 Å². The number of carbonyl (C=O) groups is 1. The average Bonchev–Trinajstić information content (AvgIpc) is 1.84. The highest BCUT2D eigenvalue weighted by Crippen LogP contribution is 2.18. The molecule has 0 heterocycles. The van der Waals surface area contributed by atoms with Crippen LogP contribution in [-0.2, 0) is 4.79 Å². The minimum Gasteiger partial charge on any atom is -0.300 e. The fourth-order valence-corrected chi connectivity index (χ4v) is 1.52. The van der Waals surface area contributed by atoms with E-state index in [1.807, 2.05) is 0 Å². The highest BCUT2D eigenvalue weighted by Gasteiger charge is 2.12. The molecule has 1 aliphatic rings. The first kappa shape index (κ1) is 8.51. The van der Waals surface area contributed by atoms with E-state index < -0.39 is 0 Å². The van der Waals surface area contributed by atoms with Gasteiger partial charge < -0.3 is 0 Å². The van der Waals surface area contributed by atoms with E-state index in [9.17, 15) is 4.79 Å². The van der Waals surface area contributed by atoms with Crippen LogP contribution in [0.1, 0.15) is 39.0 Å². The Balaban J connectivity index is 2.45. The molecule has 62 valence electrons. The topological polar surface area (TPSA) is 17.1 Å². The van der Waals surface area contributed by atoms with Crippen molar-refractivity contribution in [2.75, 3.05) is 0 Å². The quantitative estimate of drug-likeness (QED) is 0.528. The molecule has 0 bridgehead atoms. The first-order valence-electron chi connectivity index (χ1n) is 4.46. The molecule has 0 N–H and O–H groups in total. The van der Waals surface area contributed by atoms with E-state index in [0.29, 0.717) is 11.7 Å². The average molecular weight is 152 g/mol. The fourth-order valence-electron chi connectivity index (χ4n) is 1.52. The molecule has 0 saturated carbocycles. The molecular weight excluding hydrogens is 136 g/mol. The summed E-state index contributed by atoms with van der Waals surface area (Å²) in [5.41, 5.74) is 0. The van der Waals surface area contributed by atoms with Gasteiger partial charge in [-0.25, -0.2) is 0 Å². The molecule has 0 unspecified atom stereocenters. The van der Waals surface area contributed by atoms with Crippen LogP contribution in [0.2, 0.25) is 0 Å². The van der Waals surface area contributed by atoms with Gasteiger partial charge in [-0.3, -0.25) is 4.79 Å². The molecule has 11 heavy (non-hydrogen) atoms. The molecule has 0 saturated heterocycles. The lowest BCUT2D eigenvalue weighted by atomic mass is 9.92. The van der Waals surface area contributed by atoms with Crippen molar-refractivity contribution in [3.63, 3.8) is 0 Å². The third-order valence-electron chi connectivity index (χ3n) is 2.34. The predicted octanol–water partition coefficient (Wildman–Crippen LogP) is 2.71. The van der Waals surface area contributed by atoms with Crippen LogP contribution in [0.15, 0.2) is 12.2 Å². The van der Waals surface area contributed by atoms with Crippen molar-refractivity contribution in [2.45, 2.75) is 39.0 Å². The lowest BCUT2D eigenvalue weighted by Gasteiger charge is -2.12. The lowest BCUT2D eigenvalue weighted by Crippen LogP contribution is -2.10. The maximum absolute atomic E-state index is 11.0. The Morgan fingerprint density at radius 1 is 1.36 bits per heavy atom. The second-order valence-corrected chi connectivity index (χ2v) is 3.30. The third-order valence-corrected chi connectivity index (χ3v) is 2.34. The number of Topliss-reactive ketones (excluding diaryl/α,β-unsaturated/α-hetero) is 1. The Kier molecular flexibility index (Phi) is 3.34. The molecule has 1 nitrogen and oxygen atoms in total. The number of ketones is 1. The first-order chi connectivity index (χ1) is 5.30. The largest absolute Gasteiger partial charge is 0.300 e. The molecule has 1 aliphatic carbocycles. The predicted molar refractivity (Wildman–Crippen MR) is 46.4 cm³/mol. The van der Waals surface area contributed by atoms with E-state index in [-0.39, 0.29) is 0 Å². The molecule has 0 aromatic heterocycles. The number of hydrogen-bond acceptors (Lipinski definition) is 1. The Bertz CT molecular complexity index is 158. The van der Waals surface area contributed by atoms with Crippen LogP contribution < -0.4 is 0 Å². The molecule has 0 spiro atoms. The van der Waals surface area contributed by atoms with Gasteiger partial charge in [0.25, 0.3) is 0 Å². The molecule has 0 amide bonds. The maximum Gasteiger partial charge on any atom is 0.133 e. The summed E-state index contributed by atoms with van der Waals surface area (Å²) in [5, 5.41) is 0. The zero-order chi connectivity index (χ0) is 8.10. The van der Waals surface area contributed by atoms with E-state index in [2.05, 4.69) is 12.2 Å². The molecule has 1 heteroatoms. The summed E-state index contributed by atoms with van der Waals surface area (Å²) in [6.45, 7) is 1.71. The number of rotatable bonds is 1. The van der Waals surface area contributed by atoms with E-state index in [1.54, 1.807) is 6.92 Å². The van der Waals surface area contributed by atoms with Crippen LogP contribution in [0.3, 0.4) is 0 Å². The molecule has 0 radical (unpaired) electrons. The van der Waals surface area contributed by atoms with E-state index in [1.165, 1.54) is 19.3 Å². The van der Waals surface area contributed by atoms with Crippen LogP contribution in [-0.4, -0.2) is 5.78 Å². The minimum atomic E-state index is 0.312. The first-order valence-corrected chi connectivity index (χ1v) is 4.46. The molecule has 1 atom stereocenters. The highest BCUT2D eigenvalue weighted by atomic mass is 16.1. The minimum absolute atomic E-state index is 0.312. The molecular formula is C10H16O. The van der Waals surface area contributed by atoms with Crippen LogP contribution in [0.5, 0.6) is 0 Å². The summed E-state index contributed by atoms with van der Waals surface area (Å²) >= 11 is 0. The molecule has 0 aromatic rings. The zero-order valence-corrected chi connectivity index (χ0v) is 7.18. The van der Waals surface area contributed by atoms with Crippen molar-refractivity contribution in [3.8, 4) is 0 Å². The number of hydrogen-bond donors (Lipinski definition) is 0. The fraction of sp³-hybridized carbons (Fsp3) is 0.700. The van der Waals surface area contributed by atoms with Crippen LogP contribution >= 0.6 is 0 Å². The van der Waals surface area contributed by atoms with E-state index in [4.69, 9.17) is 0 Å². The van der Waals surface area contributed by atoms with Gasteiger partial charge in [0.2, 0.25) is 0 Å². The zero-order valence-electron chi connectivity index (χ0n) is 7.18. The summed E-state index contributed by atoms with van der Waals surface area (Å²) in [5.74, 6) is 0.670. The van der Waals surface area contributed by atoms with Gasteiger partial charge in [-0.05, 0) is 32.6 Å². The number of carbonyl (C=O) groups excluding carboxylic acids is 1. The molecule has 1 rings (SSSR count). The van der Waals surface area contributed by atoms with Crippen molar-refractivity contribution in [1.82, 2.24) is 0 Å². The van der Waals surface area contributed by atoms with Gasteiger partial charge in [0.15, 0.2) is 0 Å². The second-order valence-electron chi connectivity index (χ2n) is 3.30. The molecule has 0 fully saturated rings. The van der Waals surface area contributed by atoms with E-state index >= 15 is 0 Å². The Morgan fingerprint density at radius 3 is 2.91 bits per heavy atom. The summed E-state index contributed by atoms with van der Waals surface area (Å²) in [7, 11) is 0. The van der Waals surface area contributed by atoms with Crippen LogP contribution in [0, 0.1) is 5.92 Å². The third kappa shape index (κ3) is 2.87. The van der Waals surface area contributed by atoms with Crippen LogP contribution in [0.25, 0.3) is 0 Å². The second kappa shape index (κ2) is 4.32. The smallest absolute Gasteiger partial charge is 0.133 e. The monoisotopic (exact) mass is 152 g/mol. The van der Waals surface area contributed by atoms with Gasteiger partial charge in [0.05, 0.1) is 0 Å². The molecule has 0 aliphatic heterocycles. The van der Waals surface area contributed by atoms with Gasteiger partial charge >= 0.3 is 0 Å². The van der Waals surface area contributed by atoms with Crippen molar-refractivity contribution >= 4 is 5.78 Å². The van der Waals surface area contributed by atoms with Crippen LogP contribution in [0.4, 0.5) is 0 Å². The molecule has 0 aromatic carbocycles. The van der Waals surface area contributed by atoms with Gasteiger partial charge in [-0.2, -0.15) is 0 Å². The van der Waals surface area contributed by atoms with Gasteiger partial charge in [-0.15, -0.1) is 0 Å². The Labute approximate surface area is 68.5 Å². The Hall–Kier alpha value is -0.590. The summed E-state index contributed by atoms with van der Waals surface area (Å²) in [6.07, 6.45) is 10.1. The van der Waals surface area contributed by atoms with Crippen molar-refractivity contribution in [2.24, 2.45) is 5.92 Å². The standard InChI is InChI=1S/C10H16O/c1-9(11)10-7-5-3-2-4-6-8-10/h3,5,10H,2,4,6-8H2,1H3/b5-3-/t10-/m0/s1. The van der Waals surface area contributed by atoms with Gasteiger partial charge in [0, 0.05) is 5.92 Å². The van der Waals surface area contributed by atoms with E-state index in [0.717, 1.165) is 12.8 Å². The van der Waals surface area contributed by atoms with Gasteiger partial charge in [-0.1, -0.05) is 18.6 Å². The summed E-state index contributed by atoms with van der Waals surface area (Å²) in [4.78, 5) is 11.0. The number of allylic oxidation sites excluding steroid dienone is 2. The van der Waals surface area contributed by atoms with Crippen molar-refractivity contribution < 1.29 is 4.79 Å². The maximum atomic E-state index is 11.0. The SMILES string of the molecule is CC(=O)[C@H]1C/C=C\CCCC1. The lowest BCUT2D eigenvalue weighted by molar-refractivity contribution is -0.120. The highest BCUT2D eigenvalue weighted by molar-refractivity contribution is 5.78. The Morgan fingerprint density at radius 2 is 2.18 bits per heavy atom. The van der Waals surface area contributed by atoms with Crippen molar-refractivity contribution in [3.05, 3.63) is 12.2 Å². The normalized spacial score (nSPS) is 28.6. The summed E-state index contributed by atoms with van der Waals surface area (Å²) in [6, 6.07) is 0. The van der Waals surface area contributed by atoms with Gasteiger partial charge in [0.1, 0.15) is 5.78 Å².